The van der Waals surface area contributed by atoms with Gasteiger partial charge < -0.3 is 10.6 Å². The van der Waals surface area contributed by atoms with Crippen LogP contribution in [0.1, 0.15) is 41.1 Å². The van der Waals surface area contributed by atoms with E-state index in [1.54, 1.807) is 11.9 Å². The first-order chi connectivity index (χ1) is 13.4. The molecule has 2 aromatic carbocycles. The van der Waals surface area contributed by atoms with Crippen molar-refractivity contribution >= 4 is 17.5 Å². The number of rotatable bonds is 6. The van der Waals surface area contributed by atoms with Gasteiger partial charge in [0.15, 0.2) is 0 Å². The predicted octanol–water partition coefficient (Wildman–Crippen LogP) is 3.37. The number of para-hydroxylation sites is 1. The van der Waals surface area contributed by atoms with Crippen LogP contribution in [0.15, 0.2) is 42.5 Å². The van der Waals surface area contributed by atoms with Gasteiger partial charge in [-0.2, -0.15) is 0 Å². The van der Waals surface area contributed by atoms with Gasteiger partial charge in [-0.15, -0.1) is 0 Å². The fourth-order valence-corrected chi connectivity index (χ4v) is 3.88. The molecule has 2 aromatic rings. The van der Waals surface area contributed by atoms with Gasteiger partial charge in [-0.05, 0) is 62.4 Å². The first-order valence-electron chi connectivity index (χ1n) is 9.86. The minimum Gasteiger partial charge on any atom is -0.348 e. The Hall–Kier alpha value is -2.66. The van der Waals surface area contributed by atoms with Crippen LogP contribution in [0.25, 0.3) is 0 Å². The fraction of sp³-hybridized carbons (Fsp3) is 0.391. The average Bonchev–Trinajstić information content (AvgIpc) is 2.65. The summed E-state index contributed by atoms with van der Waals surface area (Å²) in [5, 5.41) is 6.10. The average molecular weight is 380 g/mol. The number of fused-ring (bicyclic) bond motifs is 1. The Morgan fingerprint density at radius 1 is 1.00 bits per heavy atom. The van der Waals surface area contributed by atoms with Crippen LogP contribution in [0.5, 0.6) is 0 Å². The third-order valence-electron chi connectivity index (χ3n) is 5.28. The topological polar surface area (TPSA) is 61.4 Å². The number of aryl methyl sites for hydroxylation is 3. The fourth-order valence-electron chi connectivity index (χ4n) is 3.88. The molecule has 3 rings (SSSR count). The van der Waals surface area contributed by atoms with Crippen molar-refractivity contribution in [3.8, 4) is 0 Å². The lowest BCUT2D eigenvalue weighted by Crippen LogP contribution is -2.40. The van der Waals surface area contributed by atoms with Gasteiger partial charge >= 0.3 is 0 Å². The zero-order valence-corrected chi connectivity index (χ0v) is 16.9. The molecule has 5 heteroatoms. The third kappa shape index (κ3) is 4.98. The van der Waals surface area contributed by atoms with Crippen molar-refractivity contribution in [1.29, 1.82) is 0 Å². The van der Waals surface area contributed by atoms with E-state index in [9.17, 15) is 9.59 Å². The van der Waals surface area contributed by atoms with Gasteiger partial charge in [0.25, 0.3) is 0 Å². The molecule has 0 radical (unpaired) electrons. The molecule has 1 unspecified atom stereocenters. The molecule has 1 aliphatic rings. The zero-order chi connectivity index (χ0) is 20.1. The van der Waals surface area contributed by atoms with Crippen molar-refractivity contribution in [2.45, 2.75) is 39.2 Å². The predicted molar refractivity (Wildman–Crippen MR) is 112 cm³/mol. The van der Waals surface area contributed by atoms with Crippen LogP contribution in [0.2, 0.25) is 0 Å². The van der Waals surface area contributed by atoms with E-state index >= 15 is 0 Å². The number of nitrogens with one attached hydrogen (secondary N) is 2. The molecule has 0 saturated carbocycles. The summed E-state index contributed by atoms with van der Waals surface area (Å²) < 4.78 is 0. The molecule has 1 atom stereocenters. The summed E-state index contributed by atoms with van der Waals surface area (Å²) in [6, 6.07) is 14.3. The molecule has 1 aliphatic carbocycles. The van der Waals surface area contributed by atoms with E-state index < -0.39 is 0 Å². The number of carbonyl (C=O) groups is 2. The Morgan fingerprint density at radius 3 is 2.43 bits per heavy atom. The van der Waals surface area contributed by atoms with Gasteiger partial charge in [0.05, 0.1) is 19.1 Å². The van der Waals surface area contributed by atoms with E-state index in [-0.39, 0.29) is 30.9 Å². The van der Waals surface area contributed by atoms with Crippen LogP contribution in [-0.2, 0) is 16.0 Å². The molecular formula is C23H29N3O2. The molecule has 148 valence electrons. The van der Waals surface area contributed by atoms with Gasteiger partial charge in [0.2, 0.25) is 11.8 Å². The van der Waals surface area contributed by atoms with Gasteiger partial charge in [0.1, 0.15) is 0 Å². The number of anilines is 1. The monoisotopic (exact) mass is 379 g/mol. The van der Waals surface area contributed by atoms with Crippen LogP contribution < -0.4 is 10.6 Å². The highest BCUT2D eigenvalue weighted by molar-refractivity contribution is 5.94. The number of likely N-dealkylation sites (N-methyl/N-ethyl adjacent to an activating group) is 1. The quantitative estimate of drug-likeness (QED) is 0.809. The summed E-state index contributed by atoms with van der Waals surface area (Å²) in [4.78, 5) is 26.6. The molecule has 0 fully saturated rings. The van der Waals surface area contributed by atoms with Crippen molar-refractivity contribution < 1.29 is 9.59 Å². The van der Waals surface area contributed by atoms with Crippen molar-refractivity contribution in [3.05, 3.63) is 64.7 Å². The highest BCUT2D eigenvalue weighted by Crippen LogP contribution is 2.29. The van der Waals surface area contributed by atoms with Crippen molar-refractivity contribution in [2.75, 3.05) is 25.5 Å². The molecule has 0 bridgehead atoms. The summed E-state index contributed by atoms with van der Waals surface area (Å²) in [6.45, 7) is 4.31. The Morgan fingerprint density at radius 2 is 1.68 bits per heavy atom. The van der Waals surface area contributed by atoms with Crippen molar-refractivity contribution in [1.82, 2.24) is 10.2 Å². The largest absolute Gasteiger partial charge is 0.348 e. The van der Waals surface area contributed by atoms with Gasteiger partial charge in [-0.3, -0.25) is 14.5 Å². The van der Waals surface area contributed by atoms with Crippen LogP contribution in [-0.4, -0.2) is 36.9 Å². The van der Waals surface area contributed by atoms with Gasteiger partial charge in [0, 0.05) is 5.69 Å². The highest BCUT2D eigenvalue weighted by Gasteiger charge is 2.22. The lowest BCUT2D eigenvalue weighted by molar-refractivity contribution is -0.123. The van der Waals surface area contributed by atoms with E-state index in [0.717, 1.165) is 36.1 Å². The molecule has 0 aliphatic heterocycles. The first-order valence-corrected chi connectivity index (χ1v) is 9.86. The zero-order valence-electron chi connectivity index (χ0n) is 16.9. The standard InChI is InChI=1S/C23H29N3O2/c1-16-8-6-9-17(2)23(16)25-22(28)15-26(3)14-21(27)24-20-13-7-11-18-10-4-5-12-19(18)20/h4-6,8-10,12,20H,7,11,13-15H2,1-3H3,(H,24,27)(H,25,28). The maximum Gasteiger partial charge on any atom is 0.238 e. The summed E-state index contributed by atoms with van der Waals surface area (Å²) in [5.41, 5.74) is 5.46. The van der Waals surface area contributed by atoms with Crippen LogP contribution in [0.4, 0.5) is 5.69 Å². The lowest BCUT2D eigenvalue weighted by atomic mass is 9.88. The van der Waals surface area contributed by atoms with E-state index in [0.29, 0.717) is 0 Å². The summed E-state index contributed by atoms with van der Waals surface area (Å²) in [5.74, 6) is -0.167. The maximum atomic E-state index is 12.5. The molecule has 0 saturated heterocycles. The maximum absolute atomic E-state index is 12.5. The second-order valence-electron chi connectivity index (χ2n) is 7.70. The Kier molecular flexibility index (Phi) is 6.47. The Labute approximate surface area is 167 Å². The number of hydrogen-bond donors (Lipinski definition) is 2. The molecule has 0 heterocycles. The lowest BCUT2D eigenvalue weighted by Gasteiger charge is -2.27. The minimum absolute atomic E-state index is 0.0518. The number of carbonyl (C=O) groups excluding carboxylic acids is 2. The Balaban J connectivity index is 1.52. The highest BCUT2D eigenvalue weighted by atomic mass is 16.2. The van der Waals surface area contributed by atoms with Gasteiger partial charge in [-0.1, -0.05) is 42.5 Å². The Bertz CT molecular complexity index is 842. The SMILES string of the molecule is Cc1cccc(C)c1NC(=O)CN(C)CC(=O)NC1CCCc2ccccc21. The number of hydrogen-bond acceptors (Lipinski definition) is 3. The second-order valence-corrected chi connectivity index (χ2v) is 7.70. The summed E-state index contributed by atoms with van der Waals surface area (Å²) in [6.07, 6.45) is 3.11. The van der Waals surface area contributed by atoms with E-state index in [1.807, 2.05) is 44.2 Å². The van der Waals surface area contributed by atoms with Crippen LogP contribution in [0.3, 0.4) is 0 Å². The first kappa shape index (κ1) is 20.1. The van der Waals surface area contributed by atoms with Crippen molar-refractivity contribution in [3.63, 3.8) is 0 Å². The third-order valence-corrected chi connectivity index (χ3v) is 5.28. The molecule has 0 aromatic heterocycles. The molecular weight excluding hydrogens is 350 g/mol. The van der Waals surface area contributed by atoms with E-state index in [2.05, 4.69) is 22.8 Å². The number of nitrogens with zero attached hydrogens (tertiary/aromatic N) is 1. The molecule has 0 spiro atoms. The molecule has 2 N–H and O–H groups in total. The van der Waals surface area contributed by atoms with Crippen LogP contribution in [0, 0.1) is 13.8 Å². The number of benzene rings is 2. The number of amides is 2. The molecule has 5 nitrogen and oxygen atoms in total. The van der Waals surface area contributed by atoms with Gasteiger partial charge in [-0.25, -0.2) is 0 Å². The van der Waals surface area contributed by atoms with Crippen molar-refractivity contribution in [2.24, 2.45) is 0 Å². The molecule has 28 heavy (non-hydrogen) atoms. The normalized spacial score (nSPS) is 15.8. The van der Waals surface area contributed by atoms with Crippen LogP contribution >= 0.6 is 0 Å². The second kappa shape index (κ2) is 9.02. The van der Waals surface area contributed by atoms with E-state index in [4.69, 9.17) is 0 Å². The van der Waals surface area contributed by atoms with E-state index in [1.165, 1.54) is 11.1 Å². The summed E-state index contributed by atoms with van der Waals surface area (Å²) in [7, 11) is 1.79. The summed E-state index contributed by atoms with van der Waals surface area (Å²) >= 11 is 0. The molecule has 2 amide bonds. The smallest absolute Gasteiger partial charge is 0.238 e. The minimum atomic E-state index is -0.115.